The van der Waals surface area contributed by atoms with Gasteiger partial charge in [0.2, 0.25) is 0 Å². The zero-order chi connectivity index (χ0) is 14.9. The summed E-state index contributed by atoms with van der Waals surface area (Å²) in [5.74, 6) is -2.43. The Morgan fingerprint density at radius 3 is 2.60 bits per heavy atom. The largest absolute Gasteiger partial charge is 0.480 e. The van der Waals surface area contributed by atoms with Crippen LogP contribution in [0.25, 0.3) is 11.3 Å². The van der Waals surface area contributed by atoms with E-state index in [2.05, 4.69) is 10.3 Å². The number of carbonyl (C=O) groups is 2. The molecule has 1 aromatic heterocycles. The molecule has 8 heteroatoms. The zero-order valence-electron chi connectivity index (χ0n) is 10.5. The third-order valence-corrected chi connectivity index (χ3v) is 2.78. The fourth-order valence-corrected chi connectivity index (χ4v) is 1.77. The van der Waals surface area contributed by atoms with E-state index in [9.17, 15) is 9.59 Å². The van der Waals surface area contributed by atoms with E-state index in [1.807, 2.05) is 0 Å². The molecule has 1 aromatic carbocycles. The van der Waals surface area contributed by atoms with E-state index in [1.54, 1.807) is 18.2 Å². The van der Waals surface area contributed by atoms with E-state index in [0.717, 1.165) is 4.68 Å². The molecule has 0 aliphatic heterocycles. The molecule has 0 aliphatic rings. The molecule has 0 saturated heterocycles. The van der Waals surface area contributed by atoms with Gasteiger partial charge in [0, 0.05) is 11.3 Å². The van der Waals surface area contributed by atoms with Crippen LogP contribution in [-0.4, -0.2) is 37.1 Å². The maximum atomic E-state index is 11.2. The second kappa shape index (κ2) is 5.00. The molecule has 2 rings (SSSR count). The number of carboxylic acid groups (broad SMARTS) is 2. The molecule has 0 bridgehead atoms. The smallest absolute Gasteiger partial charge is 0.358 e. The first-order valence-electron chi connectivity index (χ1n) is 5.69. The van der Waals surface area contributed by atoms with Gasteiger partial charge in [0.05, 0.1) is 0 Å². The van der Waals surface area contributed by atoms with Crippen LogP contribution in [0.4, 0.5) is 5.69 Å². The molecule has 0 spiro atoms. The van der Waals surface area contributed by atoms with Gasteiger partial charge in [-0.05, 0) is 19.1 Å². The van der Waals surface area contributed by atoms with Crippen molar-refractivity contribution in [3.8, 4) is 11.3 Å². The lowest BCUT2D eigenvalue weighted by Gasteiger charge is -2.11. The van der Waals surface area contributed by atoms with Gasteiger partial charge in [0.15, 0.2) is 5.69 Å². The predicted octanol–water partition coefficient (Wildman–Crippen LogP) is 0.871. The Balaban J connectivity index is 2.67. The van der Waals surface area contributed by atoms with Gasteiger partial charge in [-0.15, -0.1) is 5.10 Å². The highest BCUT2D eigenvalue weighted by atomic mass is 16.4. The summed E-state index contributed by atoms with van der Waals surface area (Å²) in [5.41, 5.74) is 6.33. The summed E-state index contributed by atoms with van der Waals surface area (Å²) in [6, 6.07) is 5.38. The third kappa shape index (κ3) is 2.30. The average molecular weight is 276 g/mol. The van der Waals surface area contributed by atoms with E-state index in [0.29, 0.717) is 11.3 Å². The van der Waals surface area contributed by atoms with Crippen molar-refractivity contribution >= 4 is 17.6 Å². The highest BCUT2D eigenvalue weighted by Gasteiger charge is 2.26. The van der Waals surface area contributed by atoms with Crippen LogP contribution in [0.5, 0.6) is 0 Å². The molecule has 0 fully saturated rings. The number of carboxylic acids is 2. The van der Waals surface area contributed by atoms with E-state index in [-0.39, 0.29) is 11.4 Å². The molecular weight excluding hydrogens is 264 g/mol. The van der Waals surface area contributed by atoms with Crippen molar-refractivity contribution in [3.63, 3.8) is 0 Å². The van der Waals surface area contributed by atoms with Gasteiger partial charge < -0.3 is 15.9 Å². The summed E-state index contributed by atoms with van der Waals surface area (Å²) in [6.07, 6.45) is 0. The Bertz CT molecular complexity index is 680. The number of nitrogen functional groups attached to an aromatic ring is 1. The number of nitrogens with two attached hydrogens (primary N) is 1. The normalized spacial score (nSPS) is 12.1. The van der Waals surface area contributed by atoms with Gasteiger partial charge >= 0.3 is 11.9 Å². The number of aromatic nitrogens is 3. The van der Waals surface area contributed by atoms with Crippen molar-refractivity contribution in [2.75, 3.05) is 5.73 Å². The number of hydrogen-bond donors (Lipinski definition) is 3. The number of aliphatic carboxylic acids is 1. The first-order chi connectivity index (χ1) is 9.41. The SMILES string of the molecule is CC(C(=O)O)n1nnc(C(=O)O)c1-c1cccc(N)c1. The minimum Gasteiger partial charge on any atom is -0.480 e. The molecule has 8 nitrogen and oxygen atoms in total. The molecule has 1 unspecified atom stereocenters. The minimum atomic E-state index is -1.29. The summed E-state index contributed by atoms with van der Waals surface area (Å²) in [7, 11) is 0. The number of aromatic carboxylic acids is 1. The Morgan fingerprint density at radius 2 is 2.05 bits per heavy atom. The fourth-order valence-electron chi connectivity index (χ4n) is 1.77. The molecule has 0 radical (unpaired) electrons. The molecule has 20 heavy (non-hydrogen) atoms. The highest BCUT2D eigenvalue weighted by molar-refractivity contribution is 5.93. The number of hydrogen-bond acceptors (Lipinski definition) is 5. The van der Waals surface area contributed by atoms with Crippen molar-refractivity contribution < 1.29 is 19.8 Å². The van der Waals surface area contributed by atoms with Crippen LogP contribution in [0.2, 0.25) is 0 Å². The van der Waals surface area contributed by atoms with Crippen LogP contribution in [-0.2, 0) is 4.79 Å². The van der Waals surface area contributed by atoms with E-state index < -0.39 is 18.0 Å². The fraction of sp³-hybridized carbons (Fsp3) is 0.167. The second-order valence-electron chi connectivity index (χ2n) is 4.18. The van der Waals surface area contributed by atoms with Crippen molar-refractivity contribution in [2.24, 2.45) is 0 Å². The van der Waals surface area contributed by atoms with Crippen LogP contribution in [0.1, 0.15) is 23.5 Å². The minimum absolute atomic E-state index is 0.111. The Hall–Kier alpha value is -2.90. The molecule has 1 atom stereocenters. The molecule has 4 N–H and O–H groups in total. The van der Waals surface area contributed by atoms with Crippen molar-refractivity contribution in [1.29, 1.82) is 0 Å². The van der Waals surface area contributed by atoms with E-state index >= 15 is 0 Å². The lowest BCUT2D eigenvalue weighted by molar-refractivity contribution is -0.140. The monoisotopic (exact) mass is 276 g/mol. The summed E-state index contributed by atoms with van der Waals surface area (Å²) < 4.78 is 1.06. The van der Waals surface area contributed by atoms with Crippen LogP contribution < -0.4 is 5.73 Å². The molecule has 104 valence electrons. The quantitative estimate of drug-likeness (QED) is 0.706. The standard InChI is InChI=1S/C12H12N4O4/c1-6(11(17)18)16-10(9(12(19)20)14-15-16)7-3-2-4-8(13)5-7/h2-6H,13H2,1H3,(H,17,18)(H,19,20). The van der Waals surface area contributed by atoms with Crippen molar-refractivity contribution in [2.45, 2.75) is 13.0 Å². The zero-order valence-corrected chi connectivity index (χ0v) is 10.5. The molecule has 0 aliphatic carbocycles. The van der Waals surface area contributed by atoms with Crippen LogP contribution in [0.3, 0.4) is 0 Å². The van der Waals surface area contributed by atoms with E-state index in [1.165, 1.54) is 13.0 Å². The Labute approximate surface area is 113 Å². The summed E-state index contributed by atoms with van der Waals surface area (Å²) in [6.45, 7) is 1.39. The van der Waals surface area contributed by atoms with E-state index in [4.69, 9.17) is 15.9 Å². The van der Waals surface area contributed by atoms with Crippen molar-refractivity contribution in [3.05, 3.63) is 30.0 Å². The molecule has 0 saturated carbocycles. The molecular formula is C12H12N4O4. The molecule has 1 heterocycles. The number of nitrogens with zero attached hydrogens (tertiary/aromatic N) is 3. The van der Waals surface area contributed by atoms with Gasteiger partial charge in [-0.3, -0.25) is 0 Å². The molecule has 2 aromatic rings. The van der Waals surface area contributed by atoms with Gasteiger partial charge in [0.1, 0.15) is 11.7 Å². The Kier molecular flexibility index (Phi) is 3.38. The average Bonchev–Trinajstić information content (AvgIpc) is 2.82. The molecule has 0 amide bonds. The lowest BCUT2D eigenvalue weighted by atomic mass is 10.1. The Morgan fingerprint density at radius 1 is 1.35 bits per heavy atom. The first kappa shape index (κ1) is 13.5. The number of benzene rings is 1. The predicted molar refractivity (Wildman–Crippen MR) is 69.2 cm³/mol. The number of anilines is 1. The second-order valence-corrected chi connectivity index (χ2v) is 4.18. The van der Waals surface area contributed by atoms with Gasteiger partial charge in [-0.25, -0.2) is 14.3 Å². The maximum Gasteiger partial charge on any atom is 0.358 e. The van der Waals surface area contributed by atoms with Crippen LogP contribution in [0, 0.1) is 0 Å². The van der Waals surface area contributed by atoms with Gasteiger partial charge in [-0.1, -0.05) is 17.3 Å². The van der Waals surface area contributed by atoms with Gasteiger partial charge in [-0.2, -0.15) is 0 Å². The van der Waals surface area contributed by atoms with Crippen LogP contribution in [0.15, 0.2) is 24.3 Å². The lowest BCUT2D eigenvalue weighted by Crippen LogP contribution is -2.18. The maximum absolute atomic E-state index is 11.2. The third-order valence-electron chi connectivity index (χ3n) is 2.78. The number of rotatable bonds is 4. The highest BCUT2D eigenvalue weighted by Crippen LogP contribution is 2.26. The van der Waals surface area contributed by atoms with Gasteiger partial charge in [0.25, 0.3) is 0 Å². The summed E-state index contributed by atoms with van der Waals surface area (Å²) in [4.78, 5) is 22.3. The van der Waals surface area contributed by atoms with Crippen LogP contribution >= 0.6 is 0 Å². The van der Waals surface area contributed by atoms with Crippen molar-refractivity contribution in [1.82, 2.24) is 15.0 Å². The summed E-state index contributed by atoms with van der Waals surface area (Å²) in [5, 5.41) is 25.3. The topological polar surface area (TPSA) is 131 Å². The first-order valence-corrected chi connectivity index (χ1v) is 5.69. The summed E-state index contributed by atoms with van der Waals surface area (Å²) >= 11 is 0.